The van der Waals surface area contributed by atoms with Gasteiger partial charge in [0, 0.05) is 23.6 Å². The Morgan fingerprint density at radius 1 is 1.48 bits per heavy atom. The Kier molecular flexibility index (Phi) is 3.63. The highest BCUT2D eigenvalue weighted by atomic mass is 32.1. The van der Waals surface area contributed by atoms with E-state index in [1.54, 1.807) is 16.2 Å². The van der Waals surface area contributed by atoms with Crippen molar-refractivity contribution >= 4 is 17.2 Å². The lowest BCUT2D eigenvalue weighted by atomic mass is 9.87. The number of likely N-dealkylation sites (tertiary alicyclic amines) is 1. The summed E-state index contributed by atoms with van der Waals surface area (Å²) in [7, 11) is 0. The van der Waals surface area contributed by atoms with Crippen molar-refractivity contribution in [3.05, 3.63) is 45.1 Å². The normalized spacial score (nSPS) is 28.3. The van der Waals surface area contributed by atoms with Gasteiger partial charge in [-0.25, -0.2) is 4.98 Å². The Balaban J connectivity index is 1.48. The first-order valence-electron chi connectivity index (χ1n) is 8.22. The quantitative estimate of drug-likeness (QED) is 0.834. The number of hydrogen-bond acceptors (Lipinski definition) is 4. The van der Waals surface area contributed by atoms with E-state index in [9.17, 15) is 10.0 Å². The van der Waals surface area contributed by atoms with Gasteiger partial charge in [-0.15, -0.1) is 11.3 Å². The first kappa shape index (κ1) is 15.1. The molecule has 1 spiro atoms. The molecule has 1 aliphatic carbocycles. The number of thiazole rings is 1. The van der Waals surface area contributed by atoms with Gasteiger partial charge in [-0.1, -0.05) is 24.3 Å². The zero-order valence-electron chi connectivity index (χ0n) is 13.2. The maximum absolute atomic E-state index is 12.7. The number of carbonyl (C=O) groups is 1. The second kappa shape index (κ2) is 5.54. The van der Waals surface area contributed by atoms with Crippen LogP contribution in [0.3, 0.4) is 0 Å². The zero-order valence-corrected chi connectivity index (χ0v) is 14.1. The number of quaternary nitrogens is 1. The molecule has 2 saturated heterocycles. The second-order valence-electron chi connectivity index (χ2n) is 6.83. The van der Waals surface area contributed by atoms with Gasteiger partial charge < -0.3 is 15.2 Å². The van der Waals surface area contributed by atoms with Gasteiger partial charge in [-0.2, -0.15) is 0 Å². The largest absolute Gasteiger partial charge is 0.634 e. The Bertz CT molecular complexity index is 688. The van der Waals surface area contributed by atoms with E-state index >= 15 is 0 Å². The number of allylic oxidation sites excluding steroid dienone is 4. The Morgan fingerprint density at radius 3 is 2.96 bits per heavy atom. The number of aromatic nitrogens is 1. The minimum absolute atomic E-state index is 0.00865. The molecule has 0 saturated carbocycles. The van der Waals surface area contributed by atoms with E-state index in [1.807, 2.05) is 19.1 Å². The van der Waals surface area contributed by atoms with Crippen LogP contribution in [0.1, 0.15) is 45.6 Å². The molecule has 0 aromatic carbocycles. The standard InChI is InChI=1S/C17H21N3O2S/c1-12-14(18-15(23-12)13-6-3-2-4-7-13)16(21)19-10-17(11-19)8-5-9-20(17)22/h2-4,6,13,20H,5,7-11H2,1H3. The first-order chi connectivity index (χ1) is 11.1. The van der Waals surface area contributed by atoms with Gasteiger partial charge in [0.25, 0.3) is 5.91 Å². The molecule has 1 aromatic rings. The molecule has 3 aliphatic rings. The molecule has 23 heavy (non-hydrogen) atoms. The fourth-order valence-corrected chi connectivity index (χ4v) is 4.85. The fourth-order valence-electron chi connectivity index (χ4n) is 3.84. The zero-order chi connectivity index (χ0) is 16.0. The highest BCUT2D eigenvalue weighted by Crippen LogP contribution is 2.32. The summed E-state index contributed by atoms with van der Waals surface area (Å²) in [6.07, 6.45) is 11.2. The van der Waals surface area contributed by atoms with Crippen molar-refractivity contribution < 1.29 is 9.86 Å². The molecule has 1 N–H and O–H groups in total. The number of aryl methyl sites for hydroxylation is 1. The first-order valence-corrected chi connectivity index (χ1v) is 9.04. The molecule has 3 heterocycles. The van der Waals surface area contributed by atoms with E-state index in [2.05, 4.69) is 17.1 Å². The topological polar surface area (TPSA) is 60.7 Å². The van der Waals surface area contributed by atoms with Crippen LogP contribution in [0.25, 0.3) is 0 Å². The van der Waals surface area contributed by atoms with Gasteiger partial charge in [-0.3, -0.25) is 4.79 Å². The molecule has 4 rings (SSSR count). The van der Waals surface area contributed by atoms with Crippen LogP contribution in [0, 0.1) is 12.1 Å². The van der Waals surface area contributed by atoms with Crippen LogP contribution in [0.2, 0.25) is 0 Å². The predicted molar refractivity (Wildman–Crippen MR) is 89.6 cm³/mol. The van der Waals surface area contributed by atoms with Crippen molar-refractivity contribution in [2.45, 2.75) is 37.6 Å². The number of nitrogens with zero attached hydrogens (tertiary/aromatic N) is 2. The molecule has 2 atom stereocenters. The lowest BCUT2D eigenvalue weighted by molar-refractivity contribution is -0.897. The minimum Gasteiger partial charge on any atom is -0.634 e. The molecule has 122 valence electrons. The van der Waals surface area contributed by atoms with Crippen LogP contribution in [0.4, 0.5) is 0 Å². The van der Waals surface area contributed by atoms with Crippen molar-refractivity contribution in [3.8, 4) is 0 Å². The molecule has 1 amide bonds. The summed E-state index contributed by atoms with van der Waals surface area (Å²) in [6.45, 7) is 3.82. The van der Waals surface area contributed by atoms with E-state index in [0.717, 1.165) is 29.1 Å². The van der Waals surface area contributed by atoms with Crippen LogP contribution >= 0.6 is 11.3 Å². The van der Waals surface area contributed by atoms with Crippen molar-refractivity contribution in [2.24, 2.45) is 0 Å². The number of hydroxylamine groups is 2. The van der Waals surface area contributed by atoms with Gasteiger partial charge >= 0.3 is 0 Å². The minimum atomic E-state index is -0.223. The summed E-state index contributed by atoms with van der Waals surface area (Å²) in [5.41, 5.74) is 0.354. The monoisotopic (exact) mass is 331 g/mol. The summed E-state index contributed by atoms with van der Waals surface area (Å²) >= 11 is 1.61. The molecular formula is C17H21N3O2S. The van der Waals surface area contributed by atoms with Gasteiger partial charge in [0.05, 0.1) is 19.6 Å². The smallest absolute Gasteiger partial charge is 0.274 e. The molecule has 0 bridgehead atoms. The number of nitrogens with one attached hydrogen (secondary N) is 1. The van der Waals surface area contributed by atoms with E-state index < -0.39 is 0 Å². The SMILES string of the molecule is Cc1sc(C2C=CC=CC2)nc1C(=O)N1CC2(CCC[NH+]2[O-])C1. The van der Waals surface area contributed by atoms with Gasteiger partial charge in [0.1, 0.15) is 16.2 Å². The van der Waals surface area contributed by atoms with Crippen molar-refractivity contribution in [3.63, 3.8) is 0 Å². The van der Waals surface area contributed by atoms with Crippen LogP contribution in [0.5, 0.6) is 0 Å². The predicted octanol–water partition coefficient (Wildman–Crippen LogP) is 1.42. The van der Waals surface area contributed by atoms with Crippen molar-refractivity contribution in [1.82, 2.24) is 9.88 Å². The number of rotatable bonds is 2. The van der Waals surface area contributed by atoms with Crippen LogP contribution < -0.4 is 5.06 Å². The lowest BCUT2D eigenvalue weighted by Crippen LogP contribution is -3.18. The van der Waals surface area contributed by atoms with E-state index in [-0.39, 0.29) is 17.4 Å². The highest BCUT2D eigenvalue weighted by Gasteiger charge is 2.53. The Labute approximate surface area is 139 Å². The Hall–Kier alpha value is -1.50. The van der Waals surface area contributed by atoms with Crippen LogP contribution in [-0.2, 0) is 0 Å². The molecule has 1 aromatic heterocycles. The molecule has 0 radical (unpaired) electrons. The molecule has 2 aliphatic heterocycles. The van der Waals surface area contributed by atoms with Gasteiger partial charge in [-0.05, 0) is 13.3 Å². The van der Waals surface area contributed by atoms with Crippen LogP contribution in [0.15, 0.2) is 24.3 Å². The van der Waals surface area contributed by atoms with Gasteiger partial charge in [0.15, 0.2) is 0 Å². The summed E-state index contributed by atoms with van der Waals surface area (Å²) in [4.78, 5) is 20.1. The maximum atomic E-state index is 12.7. The van der Waals surface area contributed by atoms with Gasteiger partial charge in [0.2, 0.25) is 0 Å². The average molecular weight is 331 g/mol. The second-order valence-corrected chi connectivity index (χ2v) is 8.07. The summed E-state index contributed by atoms with van der Waals surface area (Å²) in [6, 6.07) is 0. The highest BCUT2D eigenvalue weighted by molar-refractivity contribution is 7.12. The third kappa shape index (κ3) is 2.45. The molecular weight excluding hydrogens is 310 g/mol. The van der Waals surface area contributed by atoms with Crippen molar-refractivity contribution in [1.29, 1.82) is 0 Å². The van der Waals surface area contributed by atoms with E-state index in [4.69, 9.17) is 0 Å². The summed E-state index contributed by atoms with van der Waals surface area (Å²) in [5, 5.41) is 13.4. The third-order valence-corrected chi connectivity index (χ3v) is 6.34. The summed E-state index contributed by atoms with van der Waals surface area (Å²) < 4.78 is 0. The Morgan fingerprint density at radius 2 is 2.30 bits per heavy atom. The summed E-state index contributed by atoms with van der Waals surface area (Å²) in [5.74, 6) is 0.273. The average Bonchev–Trinajstić information content (AvgIpc) is 3.09. The molecule has 5 nitrogen and oxygen atoms in total. The maximum Gasteiger partial charge on any atom is 0.274 e. The number of hydrogen-bond donors (Lipinski definition) is 1. The number of carbonyl (C=O) groups excluding carboxylic acids is 1. The fraction of sp³-hybridized carbons (Fsp3) is 0.529. The molecule has 2 unspecified atom stereocenters. The number of amides is 1. The lowest BCUT2D eigenvalue weighted by Gasteiger charge is -2.51. The van der Waals surface area contributed by atoms with E-state index in [0.29, 0.717) is 30.4 Å². The molecule has 2 fully saturated rings. The van der Waals surface area contributed by atoms with Crippen LogP contribution in [-0.4, -0.2) is 41.0 Å². The van der Waals surface area contributed by atoms with Crippen molar-refractivity contribution in [2.75, 3.05) is 19.6 Å². The van der Waals surface area contributed by atoms with E-state index in [1.165, 1.54) is 0 Å². The molecule has 6 heteroatoms. The third-order valence-electron chi connectivity index (χ3n) is 5.24.